The second-order valence-electron chi connectivity index (χ2n) is 5.93. The standard InChI is InChI=1S/C20H18N2O4/c1-12-8-9-16(10-13(12)2)21-19(24)17-11-15-6-4-5-7-18(15)25-20(17)22-26-14(3)23/h4-11H,1-3H3,(H,21,24). The lowest BCUT2D eigenvalue weighted by Gasteiger charge is -2.08. The average molecular weight is 350 g/mol. The second-order valence-corrected chi connectivity index (χ2v) is 5.93. The minimum absolute atomic E-state index is 0.0692. The van der Waals surface area contributed by atoms with Crippen molar-refractivity contribution in [2.75, 3.05) is 5.32 Å². The lowest BCUT2D eigenvalue weighted by atomic mass is 10.1. The Bertz CT molecular complexity index is 1070. The van der Waals surface area contributed by atoms with Crippen molar-refractivity contribution >= 4 is 28.5 Å². The summed E-state index contributed by atoms with van der Waals surface area (Å²) in [6.45, 7) is 5.19. The third-order valence-corrected chi connectivity index (χ3v) is 3.92. The van der Waals surface area contributed by atoms with E-state index in [1.807, 2.05) is 44.2 Å². The molecule has 1 heterocycles. The number of nitrogens with one attached hydrogen (secondary N) is 1. The number of rotatable bonds is 3. The number of para-hydroxylation sites is 1. The highest BCUT2D eigenvalue weighted by molar-refractivity contribution is 6.05. The number of carbonyl (C=O) groups is 2. The van der Waals surface area contributed by atoms with Crippen LogP contribution in [0.5, 0.6) is 0 Å². The van der Waals surface area contributed by atoms with Crippen LogP contribution in [0.25, 0.3) is 11.0 Å². The van der Waals surface area contributed by atoms with Crippen LogP contribution in [0.15, 0.2) is 58.1 Å². The first-order valence-electron chi connectivity index (χ1n) is 8.07. The fraction of sp³-hybridized carbons (Fsp3) is 0.150. The second kappa shape index (κ2) is 7.23. The van der Waals surface area contributed by atoms with Crippen molar-refractivity contribution < 1.29 is 18.8 Å². The average Bonchev–Trinajstić information content (AvgIpc) is 2.62. The van der Waals surface area contributed by atoms with E-state index in [0.717, 1.165) is 16.5 Å². The zero-order valence-electron chi connectivity index (χ0n) is 14.7. The molecule has 6 heteroatoms. The van der Waals surface area contributed by atoms with Gasteiger partial charge in [0.05, 0.1) is 0 Å². The Hall–Kier alpha value is -3.41. The van der Waals surface area contributed by atoms with Crippen molar-refractivity contribution in [3.8, 4) is 0 Å². The highest BCUT2D eigenvalue weighted by atomic mass is 16.7. The van der Waals surface area contributed by atoms with Crippen molar-refractivity contribution in [1.29, 1.82) is 0 Å². The Morgan fingerprint density at radius 2 is 1.81 bits per heavy atom. The molecule has 0 saturated heterocycles. The summed E-state index contributed by atoms with van der Waals surface area (Å²) in [6.07, 6.45) is 0. The van der Waals surface area contributed by atoms with Crippen molar-refractivity contribution in [2.45, 2.75) is 20.8 Å². The van der Waals surface area contributed by atoms with Gasteiger partial charge in [-0.3, -0.25) is 4.79 Å². The third kappa shape index (κ3) is 3.80. The van der Waals surface area contributed by atoms with Gasteiger partial charge in [0.15, 0.2) is 0 Å². The van der Waals surface area contributed by atoms with Gasteiger partial charge in [-0.15, -0.1) is 0 Å². The van der Waals surface area contributed by atoms with Crippen LogP contribution in [0.3, 0.4) is 0 Å². The highest BCUT2D eigenvalue weighted by Crippen LogP contribution is 2.17. The van der Waals surface area contributed by atoms with Gasteiger partial charge in [-0.1, -0.05) is 24.3 Å². The van der Waals surface area contributed by atoms with E-state index in [-0.39, 0.29) is 11.1 Å². The molecule has 0 atom stereocenters. The number of nitrogens with zero attached hydrogens (tertiary/aromatic N) is 1. The predicted octanol–water partition coefficient (Wildman–Crippen LogP) is 3.68. The van der Waals surface area contributed by atoms with E-state index >= 15 is 0 Å². The molecule has 1 aromatic heterocycles. The summed E-state index contributed by atoms with van der Waals surface area (Å²) in [5, 5.41) is 7.23. The van der Waals surface area contributed by atoms with Crippen LogP contribution in [0.4, 0.5) is 5.69 Å². The molecular formula is C20H18N2O4. The lowest BCUT2D eigenvalue weighted by Crippen LogP contribution is -2.22. The first-order chi connectivity index (χ1) is 12.4. The maximum Gasteiger partial charge on any atom is 0.332 e. The summed E-state index contributed by atoms with van der Waals surface area (Å²) in [6, 6.07) is 14.5. The molecule has 6 nitrogen and oxygen atoms in total. The molecule has 0 aliphatic rings. The predicted molar refractivity (Wildman–Crippen MR) is 97.4 cm³/mol. The number of carbonyl (C=O) groups excluding carboxylic acids is 2. The number of amides is 1. The summed E-state index contributed by atoms with van der Waals surface area (Å²) in [5.74, 6) is -1.01. The van der Waals surface area contributed by atoms with E-state index in [2.05, 4.69) is 15.3 Å². The molecule has 0 fully saturated rings. The molecule has 3 rings (SSSR count). The molecule has 0 spiro atoms. The third-order valence-electron chi connectivity index (χ3n) is 3.92. The van der Waals surface area contributed by atoms with E-state index in [1.54, 1.807) is 18.2 Å². The first-order valence-corrected chi connectivity index (χ1v) is 8.07. The number of fused-ring (bicyclic) bond motifs is 1. The molecule has 0 aliphatic carbocycles. The van der Waals surface area contributed by atoms with Gasteiger partial charge in [-0.05, 0) is 54.4 Å². The summed E-state index contributed by atoms with van der Waals surface area (Å²) in [5.41, 5.74) is 3.49. The van der Waals surface area contributed by atoms with E-state index < -0.39 is 11.9 Å². The Morgan fingerprint density at radius 3 is 2.54 bits per heavy atom. The van der Waals surface area contributed by atoms with Gasteiger partial charge in [0.2, 0.25) is 0 Å². The summed E-state index contributed by atoms with van der Waals surface area (Å²) in [4.78, 5) is 28.5. The number of anilines is 1. The minimum atomic E-state index is -0.603. The lowest BCUT2D eigenvalue weighted by molar-refractivity contribution is -0.141. The summed E-state index contributed by atoms with van der Waals surface area (Å²) >= 11 is 0. The van der Waals surface area contributed by atoms with Crippen LogP contribution in [-0.2, 0) is 9.63 Å². The van der Waals surface area contributed by atoms with Gasteiger partial charge in [-0.2, -0.15) is 0 Å². The zero-order chi connectivity index (χ0) is 18.7. The maximum absolute atomic E-state index is 12.7. The number of aryl methyl sites for hydroxylation is 2. The van der Waals surface area contributed by atoms with Crippen molar-refractivity contribution in [3.05, 3.63) is 70.8 Å². The van der Waals surface area contributed by atoms with E-state index in [4.69, 9.17) is 4.42 Å². The molecule has 0 bridgehead atoms. The molecule has 0 aliphatic heterocycles. The van der Waals surface area contributed by atoms with Gasteiger partial charge in [-0.25, -0.2) is 4.79 Å². The molecule has 1 N–H and O–H groups in total. The molecular weight excluding hydrogens is 332 g/mol. The minimum Gasteiger partial charge on any atom is -0.435 e. The zero-order valence-corrected chi connectivity index (χ0v) is 14.7. The van der Waals surface area contributed by atoms with Crippen LogP contribution in [-0.4, -0.2) is 11.9 Å². The Balaban J connectivity index is 2.04. The van der Waals surface area contributed by atoms with Crippen LogP contribution < -0.4 is 10.9 Å². The van der Waals surface area contributed by atoms with Crippen molar-refractivity contribution in [1.82, 2.24) is 0 Å². The first kappa shape index (κ1) is 17.4. The normalized spacial score (nSPS) is 11.4. The van der Waals surface area contributed by atoms with Gasteiger partial charge >= 0.3 is 5.97 Å². The van der Waals surface area contributed by atoms with Crippen LogP contribution >= 0.6 is 0 Å². The van der Waals surface area contributed by atoms with Crippen molar-refractivity contribution in [2.24, 2.45) is 5.16 Å². The topological polar surface area (TPSA) is 80.9 Å². The van der Waals surface area contributed by atoms with Gasteiger partial charge in [0, 0.05) is 18.0 Å². The molecule has 2 aromatic carbocycles. The summed E-state index contributed by atoms with van der Waals surface area (Å²) in [7, 11) is 0. The molecule has 26 heavy (non-hydrogen) atoms. The fourth-order valence-corrected chi connectivity index (χ4v) is 2.42. The Labute approximate surface area is 150 Å². The highest BCUT2D eigenvalue weighted by Gasteiger charge is 2.14. The Kier molecular flexibility index (Phi) is 4.84. The van der Waals surface area contributed by atoms with Crippen LogP contribution in [0, 0.1) is 13.8 Å². The molecule has 0 saturated carbocycles. The van der Waals surface area contributed by atoms with Gasteiger partial charge < -0.3 is 14.6 Å². The number of hydrogen-bond acceptors (Lipinski definition) is 5. The number of benzene rings is 2. The van der Waals surface area contributed by atoms with Gasteiger partial charge in [0.25, 0.3) is 11.5 Å². The fourth-order valence-electron chi connectivity index (χ4n) is 2.42. The van der Waals surface area contributed by atoms with E-state index in [1.165, 1.54) is 6.92 Å². The largest absolute Gasteiger partial charge is 0.435 e. The number of hydrogen-bond donors (Lipinski definition) is 1. The van der Waals surface area contributed by atoms with Crippen LogP contribution in [0.1, 0.15) is 28.4 Å². The molecule has 1 amide bonds. The van der Waals surface area contributed by atoms with Gasteiger partial charge in [0.1, 0.15) is 11.1 Å². The molecule has 0 unspecified atom stereocenters. The Morgan fingerprint density at radius 1 is 1.04 bits per heavy atom. The molecule has 0 radical (unpaired) electrons. The molecule has 3 aromatic rings. The van der Waals surface area contributed by atoms with E-state index in [9.17, 15) is 9.59 Å². The van der Waals surface area contributed by atoms with Crippen LogP contribution in [0.2, 0.25) is 0 Å². The quantitative estimate of drug-likeness (QED) is 0.577. The SMILES string of the molecule is CC(=O)ON=c1oc2ccccc2cc1C(=O)Nc1ccc(C)c(C)c1. The maximum atomic E-state index is 12.7. The monoisotopic (exact) mass is 350 g/mol. The summed E-state index contributed by atoms with van der Waals surface area (Å²) < 4.78 is 5.64. The van der Waals surface area contributed by atoms with E-state index in [0.29, 0.717) is 11.3 Å². The molecule has 132 valence electrons. The smallest absolute Gasteiger partial charge is 0.332 e. The van der Waals surface area contributed by atoms with Crippen molar-refractivity contribution in [3.63, 3.8) is 0 Å².